The van der Waals surface area contributed by atoms with Gasteiger partial charge in [-0.15, -0.1) is 0 Å². The van der Waals surface area contributed by atoms with Crippen LogP contribution in [0.1, 0.15) is 50.7 Å². The summed E-state index contributed by atoms with van der Waals surface area (Å²) in [5, 5.41) is 5.19. The van der Waals surface area contributed by atoms with Gasteiger partial charge in [-0.25, -0.2) is 4.98 Å². The maximum Gasteiger partial charge on any atom is 0.106 e. The molecule has 0 bridgehead atoms. The number of rotatable bonds is 7. The third kappa shape index (κ3) is 4.38. The highest BCUT2D eigenvalue weighted by molar-refractivity contribution is 9.10. The van der Waals surface area contributed by atoms with Gasteiger partial charge in [-0.2, -0.15) is 0 Å². The van der Waals surface area contributed by atoms with Crippen molar-refractivity contribution in [2.45, 2.75) is 52.4 Å². The summed E-state index contributed by atoms with van der Waals surface area (Å²) in [6.07, 6.45) is 7.18. The molecular formula is C27H28BrN. The Morgan fingerprint density at radius 1 is 0.724 bits per heavy atom. The van der Waals surface area contributed by atoms with Gasteiger partial charge in [-0.3, -0.25) is 0 Å². The molecule has 29 heavy (non-hydrogen) atoms. The van der Waals surface area contributed by atoms with E-state index in [4.69, 9.17) is 4.98 Å². The number of aryl methyl sites for hydroxylation is 2. The van der Waals surface area contributed by atoms with Gasteiger partial charge in [0.15, 0.2) is 0 Å². The fourth-order valence-electron chi connectivity index (χ4n) is 4.11. The van der Waals surface area contributed by atoms with E-state index in [0.29, 0.717) is 0 Å². The predicted octanol–water partition coefficient (Wildman–Crippen LogP) is 8.50. The van der Waals surface area contributed by atoms with Gasteiger partial charge in [0.2, 0.25) is 0 Å². The summed E-state index contributed by atoms with van der Waals surface area (Å²) in [4.78, 5) is 4.82. The van der Waals surface area contributed by atoms with Crippen LogP contribution in [0, 0.1) is 0 Å². The third-order valence-corrected chi connectivity index (χ3v) is 6.13. The average molecular weight is 446 g/mol. The summed E-state index contributed by atoms with van der Waals surface area (Å²) in [5.41, 5.74) is 5.11. The Morgan fingerprint density at radius 2 is 1.45 bits per heavy atom. The van der Waals surface area contributed by atoms with Gasteiger partial charge < -0.3 is 0 Å². The van der Waals surface area contributed by atoms with Crippen LogP contribution in [0.15, 0.2) is 65.3 Å². The predicted molar refractivity (Wildman–Crippen MR) is 130 cm³/mol. The SMILES string of the molecule is CCCCc1ccc2c(-c3cccc(Br)n3)c3cc(CCCC)ccc3cc2c1. The molecule has 4 aromatic rings. The van der Waals surface area contributed by atoms with Crippen LogP contribution in [0.25, 0.3) is 32.8 Å². The zero-order valence-electron chi connectivity index (χ0n) is 17.3. The number of unbranched alkanes of at least 4 members (excludes halogenated alkanes) is 2. The maximum atomic E-state index is 4.82. The van der Waals surface area contributed by atoms with Gasteiger partial charge in [0.25, 0.3) is 0 Å². The first kappa shape index (κ1) is 20.1. The molecule has 0 aliphatic rings. The Balaban J connectivity index is 1.97. The Kier molecular flexibility index (Phi) is 6.30. The largest absolute Gasteiger partial charge is 0.241 e. The fourth-order valence-corrected chi connectivity index (χ4v) is 4.46. The number of hydrogen-bond acceptors (Lipinski definition) is 1. The second-order valence-corrected chi connectivity index (χ2v) is 8.73. The maximum absolute atomic E-state index is 4.82. The topological polar surface area (TPSA) is 12.9 Å². The molecule has 0 aliphatic heterocycles. The zero-order valence-corrected chi connectivity index (χ0v) is 18.9. The van der Waals surface area contributed by atoms with Crippen molar-refractivity contribution >= 4 is 37.5 Å². The van der Waals surface area contributed by atoms with E-state index in [0.717, 1.165) is 23.1 Å². The summed E-state index contributed by atoms with van der Waals surface area (Å²) in [6, 6.07) is 22.5. The number of hydrogen-bond donors (Lipinski definition) is 0. The van der Waals surface area contributed by atoms with Gasteiger partial charge in [-0.1, -0.05) is 69.2 Å². The normalized spacial score (nSPS) is 11.4. The molecule has 1 nitrogen and oxygen atoms in total. The summed E-state index contributed by atoms with van der Waals surface area (Å²) in [7, 11) is 0. The number of fused-ring (bicyclic) bond motifs is 2. The molecule has 0 saturated carbocycles. The van der Waals surface area contributed by atoms with Crippen molar-refractivity contribution in [3.8, 4) is 11.3 Å². The van der Waals surface area contributed by atoms with E-state index in [9.17, 15) is 0 Å². The van der Waals surface area contributed by atoms with E-state index in [1.54, 1.807) is 0 Å². The Labute approximate surface area is 182 Å². The molecule has 3 aromatic carbocycles. The molecule has 0 unspecified atom stereocenters. The fraction of sp³-hybridized carbons (Fsp3) is 0.296. The van der Waals surface area contributed by atoms with Crippen molar-refractivity contribution in [1.82, 2.24) is 4.98 Å². The number of pyridine rings is 1. The molecule has 1 heterocycles. The van der Waals surface area contributed by atoms with Crippen LogP contribution in [0.4, 0.5) is 0 Å². The quantitative estimate of drug-likeness (QED) is 0.205. The van der Waals surface area contributed by atoms with Crippen molar-refractivity contribution in [3.05, 3.63) is 76.4 Å². The van der Waals surface area contributed by atoms with Gasteiger partial charge in [0.1, 0.15) is 4.60 Å². The summed E-state index contributed by atoms with van der Waals surface area (Å²) in [5.74, 6) is 0. The Morgan fingerprint density at radius 3 is 2.17 bits per heavy atom. The molecule has 0 fully saturated rings. The van der Waals surface area contributed by atoms with Crippen LogP contribution in [0.2, 0.25) is 0 Å². The van der Waals surface area contributed by atoms with E-state index in [2.05, 4.69) is 84.4 Å². The average Bonchev–Trinajstić information content (AvgIpc) is 2.74. The molecule has 0 saturated heterocycles. The lowest BCUT2D eigenvalue weighted by molar-refractivity contribution is 0.796. The molecule has 4 rings (SSSR count). The molecule has 2 heteroatoms. The minimum atomic E-state index is 0.877. The van der Waals surface area contributed by atoms with Crippen LogP contribution in [0.3, 0.4) is 0 Å². The third-order valence-electron chi connectivity index (χ3n) is 5.69. The molecule has 0 N–H and O–H groups in total. The van der Waals surface area contributed by atoms with E-state index >= 15 is 0 Å². The smallest absolute Gasteiger partial charge is 0.106 e. The van der Waals surface area contributed by atoms with E-state index in [1.807, 2.05) is 6.07 Å². The molecule has 148 valence electrons. The summed E-state index contributed by atoms with van der Waals surface area (Å²) < 4.78 is 0.877. The molecule has 0 radical (unpaired) electrons. The lowest BCUT2D eigenvalue weighted by Gasteiger charge is -2.14. The molecule has 1 aromatic heterocycles. The monoisotopic (exact) mass is 445 g/mol. The number of aromatic nitrogens is 1. The molecule has 0 spiro atoms. The van der Waals surface area contributed by atoms with Crippen molar-refractivity contribution in [3.63, 3.8) is 0 Å². The lowest BCUT2D eigenvalue weighted by Crippen LogP contribution is -1.92. The first-order chi connectivity index (χ1) is 14.2. The number of halogens is 1. The number of benzene rings is 3. The Bertz CT molecular complexity index is 1150. The van der Waals surface area contributed by atoms with Crippen LogP contribution < -0.4 is 0 Å². The molecule has 0 amide bonds. The van der Waals surface area contributed by atoms with Crippen molar-refractivity contribution in [2.75, 3.05) is 0 Å². The Hall–Kier alpha value is -2.19. The first-order valence-electron chi connectivity index (χ1n) is 10.8. The molecule has 0 aliphatic carbocycles. The first-order valence-corrected chi connectivity index (χ1v) is 11.6. The highest BCUT2D eigenvalue weighted by Crippen LogP contribution is 2.37. The van der Waals surface area contributed by atoms with E-state index in [-0.39, 0.29) is 0 Å². The van der Waals surface area contributed by atoms with E-state index < -0.39 is 0 Å². The second-order valence-electron chi connectivity index (χ2n) is 7.92. The van der Waals surface area contributed by atoms with Crippen molar-refractivity contribution < 1.29 is 0 Å². The van der Waals surface area contributed by atoms with Crippen molar-refractivity contribution in [1.29, 1.82) is 0 Å². The standard InChI is InChI=1S/C27H28BrN/c1-3-5-8-19-13-15-23-22(16-19)18-21-14-12-20(9-6-4-2)17-24(21)27(23)25-10-7-11-26(28)29-25/h7,10-18H,3-6,8-9H2,1-2H3. The molecule has 0 atom stereocenters. The van der Waals surface area contributed by atoms with Crippen LogP contribution in [-0.4, -0.2) is 4.98 Å². The highest BCUT2D eigenvalue weighted by Gasteiger charge is 2.13. The lowest BCUT2D eigenvalue weighted by atomic mass is 9.91. The summed E-state index contributed by atoms with van der Waals surface area (Å²) >= 11 is 3.57. The van der Waals surface area contributed by atoms with Gasteiger partial charge in [-0.05, 0) is 92.5 Å². The molecular weight excluding hydrogens is 418 g/mol. The minimum Gasteiger partial charge on any atom is -0.241 e. The van der Waals surface area contributed by atoms with Gasteiger partial charge >= 0.3 is 0 Å². The highest BCUT2D eigenvalue weighted by atomic mass is 79.9. The van der Waals surface area contributed by atoms with Crippen molar-refractivity contribution in [2.24, 2.45) is 0 Å². The van der Waals surface area contributed by atoms with Gasteiger partial charge in [0, 0.05) is 5.56 Å². The second kappa shape index (κ2) is 9.09. The minimum absolute atomic E-state index is 0.877. The van der Waals surface area contributed by atoms with Gasteiger partial charge in [0.05, 0.1) is 5.69 Å². The van der Waals surface area contributed by atoms with Crippen LogP contribution >= 0.6 is 15.9 Å². The van der Waals surface area contributed by atoms with E-state index in [1.165, 1.54) is 63.9 Å². The number of nitrogens with zero attached hydrogens (tertiary/aromatic N) is 1. The van der Waals surface area contributed by atoms with Crippen LogP contribution in [0.5, 0.6) is 0 Å². The zero-order chi connectivity index (χ0) is 20.2. The van der Waals surface area contributed by atoms with Crippen LogP contribution in [-0.2, 0) is 12.8 Å². The summed E-state index contributed by atoms with van der Waals surface area (Å²) in [6.45, 7) is 4.50.